The van der Waals surface area contributed by atoms with E-state index in [4.69, 9.17) is 4.98 Å². The molecular formula is C33H40N4O2S. The van der Waals surface area contributed by atoms with Gasteiger partial charge < -0.3 is 10.0 Å². The minimum absolute atomic E-state index is 0.0622. The molecule has 0 aliphatic rings. The SMILES string of the molecule is CCCC(CCC)c1ccc(CN(C)c2ccc(-c3csc(CN(CC(=O)O)Cc4ccccn4)n3)cc2)cc1. The van der Waals surface area contributed by atoms with E-state index in [0.29, 0.717) is 19.0 Å². The number of rotatable bonds is 15. The predicted molar refractivity (Wildman–Crippen MR) is 165 cm³/mol. The Kier molecular flexibility index (Phi) is 10.8. The lowest BCUT2D eigenvalue weighted by Crippen LogP contribution is -2.29. The predicted octanol–water partition coefficient (Wildman–Crippen LogP) is 7.61. The van der Waals surface area contributed by atoms with Crippen molar-refractivity contribution in [1.82, 2.24) is 14.9 Å². The summed E-state index contributed by atoms with van der Waals surface area (Å²) in [4.78, 5) is 24.7. The molecule has 0 fully saturated rings. The van der Waals surface area contributed by atoms with Crippen LogP contribution in [0.4, 0.5) is 5.69 Å². The second kappa shape index (κ2) is 14.7. The van der Waals surface area contributed by atoms with E-state index in [0.717, 1.165) is 34.2 Å². The van der Waals surface area contributed by atoms with Crippen LogP contribution in [0.1, 0.15) is 67.3 Å². The molecule has 0 bridgehead atoms. The standard InChI is InChI=1S/C33H40N4O2S/c1-4-8-26(9-5-2)27-13-11-25(12-14-27)20-36(3)30-17-15-28(16-18-30)31-24-40-32(35-31)22-37(23-33(38)39)21-29-10-6-7-19-34-29/h6-7,10-19,24,26H,4-5,8-9,20-23H2,1-3H3,(H,38,39). The highest BCUT2D eigenvalue weighted by Crippen LogP contribution is 2.28. The Bertz CT molecular complexity index is 1320. The van der Waals surface area contributed by atoms with E-state index < -0.39 is 5.97 Å². The molecular weight excluding hydrogens is 516 g/mol. The lowest BCUT2D eigenvalue weighted by molar-refractivity contribution is -0.138. The Morgan fingerprint density at radius 1 is 0.925 bits per heavy atom. The Hall–Kier alpha value is -3.55. The van der Waals surface area contributed by atoms with Crippen LogP contribution in [0.5, 0.6) is 0 Å². The molecule has 40 heavy (non-hydrogen) atoms. The van der Waals surface area contributed by atoms with Gasteiger partial charge in [0.25, 0.3) is 0 Å². The third kappa shape index (κ3) is 8.47. The smallest absolute Gasteiger partial charge is 0.317 e. The Morgan fingerprint density at radius 2 is 1.65 bits per heavy atom. The summed E-state index contributed by atoms with van der Waals surface area (Å²) in [5, 5.41) is 12.3. The molecule has 0 amide bonds. The fourth-order valence-corrected chi connectivity index (χ4v) is 5.95. The first-order chi connectivity index (χ1) is 19.4. The van der Waals surface area contributed by atoms with Gasteiger partial charge in [0.1, 0.15) is 5.01 Å². The average Bonchev–Trinajstić information content (AvgIpc) is 3.42. The Morgan fingerprint density at radius 3 is 2.27 bits per heavy atom. The van der Waals surface area contributed by atoms with E-state index in [2.05, 4.69) is 79.3 Å². The van der Waals surface area contributed by atoms with Gasteiger partial charge in [-0.2, -0.15) is 0 Å². The van der Waals surface area contributed by atoms with E-state index in [1.807, 2.05) is 28.5 Å². The number of pyridine rings is 1. The van der Waals surface area contributed by atoms with Crippen molar-refractivity contribution in [3.05, 3.63) is 100 Å². The first kappa shape index (κ1) is 29.4. The molecule has 2 aromatic heterocycles. The number of nitrogens with zero attached hydrogens (tertiary/aromatic N) is 4. The molecule has 2 aromatic carbocycles. The number of aliphatic carboxylic acids is 1. The molecule has 1 N–H and O–H groups in total. The van der Waals surface area contributed by atoms with Gasteiger partial charge in [-0.1, -0.05) is 69.2 Å². The average molecular weight is 557 g/mol. The van der Waals surface area contributed by atoms with Crippen molar-refractivity contribution in [2.75, 3.05) is 18.5 Å². The van der Waals surface area contributed by atoms with E-state index in [1.165, 1.54) is 36.8 Å². The van der Waals surface area contributed by atoms with Gasteiger partial charge in [0, 0.05) is 43.0 Å². The summed E-state index contributed by atoms with van der Waals surface area (Å²) in [5.41, 5.74) is 6.73. The largest absolute Gasteiger partial charge is 0.480 e. The van der Waals surface area contributed by atoms with Gasteiger partial charge in [0.2, 0.25) is 0 Å². The van der Waals surface area contributed by atoms with E-state index in [1.54, 1.807) is 17.5 Å². The number of hydrogen-bond acceptors (Lipinski definition) is 6. The van der Waals surface area contributed by atoms with Gasteiger partial charge >= 0.3 is 5.97 Å². The molecule has 4 rings (SSSR count). The van der Waals surface area contributed by atoms with E-state index >= 15 is 0 Å². The fourth-order valence-electron chi connectivity index (χ4n) is 5.11. The van der Waals surface area contributed by atoms with Crippen molar-refractivity contribution < 1.29 is 9.90 Å². The number of carboxylic acid groups (broad SMARTS) is 1. The molecule has 0 aliphatic heterocycles. The van der Waals surface area contributed by atoms with E-state index in [-0.39, 0.29) is 6.54 Å². The van der Waals surface area contributed by atoms with Crippen LogP contribution in [0.25, 0.3) is 11.3 Å². The lowest BCUT2D eigenvalue weighted by atomic mass is 9.90. The molecule has 210 valence electrons. The molecule has 0 aliphatic carbocycles. The number of anilines is 1. The molecule has 0 unspecified atom stereocenters. The Balaban J connectivity index is 1.37. The number of carbonyl (C=O) groups is 1. The highest BCUT2D eigenvalue weighted by molar-refractivity contribution is 7.09. The third-order valence-electron chi connectivity index (χ3n) is 7.13. The molecule has 0 saturated heterocycles. The van der Waals surface area contributed by atoms with Crippen LogP contribution in [0.3, 0.4) is 0 Å². The quantitative estimate of drug-likeness (QED) is 0.162. The molecule has 6 nitrogen and oxygen atoms in total. The topological polar surface area (TPSA) is 69.6 Å². The van der Waals surface area contributed by atoms with Crippen LogP contribution in [0, 0.1) is 0 Å². The summed E-state index contributed by atoms with van der Waals surface area (Å²) in [6.45, 7) is 6.25. The summed E-state index contributed by atoms with van der Waals surface area (Å²) in [6, 6.07) is 23.4. The highest BCUT2D eigenvalue weighted by Gasteiger charge is 2.15. The number of benzene rings is 2. The summed E-state index contributed by atoms with van der Waals surface area (Å²) in [5.74, 6) is -0.192. The first-order valence-corrected chi connectivity index (χ1v) is 15.0. The maximum atomic E-state index is 11.4. The minimum atomic E-state index is -0.861. The third-order valence-corrected chi connectivity index (χ3v) is 7.96. The Labute approximate surface area is 242 Å². The maximum Gasteiger partial charge on any atom is 0.317 e. The molecule has 0 atom stereocenters. The molecule has 2 heterocycles. The monoisotopic (exact) mass is 556 g/mol. The van der Waals surface area contributed by atoms with Crippen LogP contribution in [-0.4, -0.2) is 39.5 Å². The van der Waals surface area contributed by atoms with Gasteiger partial charge in [-0.15, -0.1) is 11.3 Å². The lowest BCUT2D eigenvalue weighted by Gasteiger charge is -2.21. The highest BCUT2D eigenvalue weighted by atomic mass is 32.1. The number of carboxylic acids is 1. The first-order valence-electron chi connectivity index (χ1n) is 14.1. The van der Waals surface area contributed by atoms with Crippen LogP contribution in [-0.2, 0) is 24.4 Å². The van der Waals surface area contributed by atoms with Crippen LogP contribution in [0.15, 0.2) is 78.3 Å². The van der Waals surface area contributed by atoms with Crippen LogP contribution in [0.2, 0.25) is 0 Å². The molecule has 0 saturated carbocycles. The summed E-state index contributed by atoms with van der Waals surface area (Å²) in [7, 11) is 2.12. The van der Waals surface area contributed by atoms with Gasteiger partial charge in [0.05, 0.1) is 24.5 Å². The molecule has 4 aromatic rings. The number of thiazole rings is 1. The zero-order valence-corrected chi connectivity index (χ0v) is 24.6. The van der Waals surface area contributed by atoms with Crippen molar-refractivity contribution in [1.29, 1.82) is 0 Å². The van der Waals surface area contributed by atoms with Gasteiger partial charge in [-0.25, -0.2) is 4.98 Å². The van der Waals surface area contributed by atoms with E-state index in [9.17, 15) is 9.90 Å². The zero-order valence-electron chi connectivity index (χ0n) is 23.8. The second-order valence-corrected chi connectivity index (χ2v) is 11.3. The second-order valence-electron chi connectivity index (χ2n) is 10.4. The summed E-state index contributed by atoms with van der Waals surface area (Å²) >= 11 is 1.56. The fraction of sp³-hybridized carbons (Fsp3) is 0.364. The van der Waals surface area contributed by atoms with Gasteiger partial charge in [0.15, 0.2) is 0 Å². The maximum absolute atomic E-state index is 11.4. The van der Waals surface area contributed by atoms with Crippen molar-refractivity contribution in [3.8, 4) is 11.3 Å². The summed E-state index contributed by atoms with van der Waals surface area (Å²) < 4.78 is 0. The van der Waals surface area contributed by atoms with Crippen molar-refractivity contribution in [3.63, 3.8) is 0 Å². The van der Waals surface area contributed by atoms with Crippen molar-refractivity contribution >= 4 is 23.0 Å². The molecule has 0 spiro atoms. The minimum Gasteiger partial charge on any atom is -0.480 e. The van der Waals surface area contributed by atoms with Crippen LogP contribution >= 0.6 is 11.3 Å². The van der Waals surface area contributed by atoms with Gasteiger partial charge in [-0.05, 0) is 54.2 Å². The molecule has 0 radical (unpaired) electrons. The number of hydrogen-bond donors (Lipinski definition) is 1. The summed E-state index contributed by atoms with van der Waals surface area (Å²) in [6.07, 6.45) is 6.69. The van der Waals surface area contributed by atoms with Gasteiger partial charge in [-0.3, -0.25) is 14.7 Å². The zero-order chi connectivity index (χ0) is 28.3. The molecule has 7 heteroatoms. The van der Waals surface area contributed by atoms with Crippen LogP contribution < -0.4 is 4.90 Å². The number of aromatic nitrogens is 2. The van der Waals surface area contributed by atoms with Crippen molar-refractivity contribution in [2.24, 2.45) is 0 Å². The normalized spacial score (nSPS) is 11.3. The van der Waals surface area contributed by atoms with Crippen molar-refractivity contribution in [2.45, 2.75) is 65.1 Å².